The maximum absolute atomic E-state index is 3.63. The lowest BCUT2D eigenvalue weighted by atomic mass is 10.1. The van der Waals surface area contributed by atoms with Crippen LogP contribution in [0.3, 0.4) is 0 Å². The van der Waals surface area contributed by atoms with Gasteiger partial charge in [-0.1, -0.05) is 83.3 Å². The maximum atomic E-state index is 3.63. The van der Waals surface area contributed by atoms with Gasteiger partial charge in [-0.25, -0.2) is 0 Å². The van der Waals surface area contributed by atoms with Crippen molar-refractivity contribution >= 4 is 31.1 Å². The van der Waals surface area contributed by atoms with Gasteiger partial charge >= 0.3 is 18.2 Å². The van der Waals surface area contributed by atoms with E-state index in [9.17, 15) is 0 Å². The monoisotopic (exact) mass is 354 g/mol. The van der Waals surface area contributed by atoms with Gasteiger partial charge in [-0.15, -0.1) is 4.55 Å². The molecule has 0 aromatic rings. The number of rotatable bonds is 16. The van der Waals surface area contributed by atoms with Crippen LogP contribution in [0.5, 0.6) is 0 Å². The van der Waals surface area contributed by atoms with Crippen LogP contribution in [-0.2, 0) is 0 Å². The number of halogens is 1. The van der Waals surface area contributed by atoms with E-state index in [1.54, 1.807) is 0 Å². The van der Waals surface area contributed by atoms with E-state index < -0.39 is 0 Å². The second kappa shape index (κ2) is 20.0. The number of allylic oxidation sites excluding steroid dienone is 2. The molecule has 2 heteroatoms. The second-order valence-electron chi connectivity index (χ2n) is 5.98. The normalized spacial score (nSPS) is 11.1. The molecule has 0 radical (unpaired) electrons. The highest BCUT2D eigenvalue weighted by Gasteiger charge is 1.92. The molecule has 116 valence electrons. The van der Waals surface area contributed by atoms with E-state index in [2.05, 4.69) is 32.0 Å². The highest BCUT2D eigenvalue weighted by molar-refractivity contribution is 9.23. The van der Waals surface area contributed by atoms with Crippen molar-refractivity contribution < 1.29 is 0 Å². The topological polar surface area (TPSA) is 0 Å². The zero-order valence-electron chi connectivity index (χ0n) is 13.8. The molecule has 0 unspecified atom stereocenters. The van der Waals surface area contributed by atoms with Gasteiger partial charge in [-0.3, -0.25) is 0 Å². The van der Waals surface area contributed by atoms with E-state index in [0.29, 0.717) is 0 Å². The third-order valence-corrected chi connectivity index (χ3v) is 6.34. The van der Waals surface area contributed by atoms with Crippen LogP contribution >= 0.6 is 12.9 Å². The van der Waals surface area contributed by atoms with Crippen LogP contribution in [0.15, 0.2) is 12.2 Å². The molecule has 0 amide bonds. The molecule has 0 nitrogen and oxygen atoms in total. The summed E-state index contributed by atoms with van der Waals surface area (Å²) in [5, 5.41) is 0. The minimum Gasteiger partial charge on any atom is -0.307 e. The van der Waals surface area contributed by atoms with Gasteiger partial charge in [-0.2, -0.15) is 0 Å². The molecule has 0 aliphatic rings. The Morgan fingerprint density at radius 2 is 1.10 bits per heavy atom. The van der Waals surface area contributed by atoms with Crippen LogP contribution in [0.2, 0.25) is 4.55 Å². The lowest BCUT2D eigenvalue weighted by Crippen LogP contribution is -1.81. The summed E-state index contributed by atoms with van der Waals surface area (Å²) in [6.45, 7) is 2.29. The molecule has 0 bridgehead atoms. The Balaban J connectivity index is 3.01. The summed E-state index contributed by atoms with van der Waals surface area (Å²) in [6, 6.07) is 0. The van der Waals surface area contributed by atoms with Crippen molar-refractivity contribution in [3.05, 3.63) is 12.2 Å². The number of hydrogen-bond acceptors (Lipinski definition) is 0. The Morgan fingerprint density at radius 3 is 1.60 bits per heavy atom. The molecule has 0 spiro atoms. The quantitative estimate of drug-likeness (QED) is 0.153. The lowest BCUT2D eigenvalue weighted by molar-refractivity contribution is 0.606. The molecule has 0 aromatic heterocycles. The fourth-order valence-electron chi connectivity index (χ4n) is 2.52. The Labute approximate surface area is 144 Å². The van der Waals surface area contributed by atoms with Crippen LogP contribution in [0.25, 0.3) is 0 Å². The van der Waals surface area contributed by atoms with Crippen molar-refractivity contribution in [1.29, 1.82) is 0 Å². The summed E-state index contributed by atoms with van der Waals surface area (Å²) >= 11 is 3.78. The first-order valence-electron chi connectivity index (χ1n) is 9.12. The van der Waals surface area contributed by atoms with E-state index in [1.165, 1.54) is 94.4 Å². The van der Waals surface area contributed by atoms with Crippen molar-refractivity contribution in [1.82, 2.24) is 0 Å². The lowest BCUT2D eigenvalue weighted by Gasteiger charge is -2.00. The van der Waals surface area contributed by atoms with Gasteiger partial charge in [0.1, 0.15) is 0 Å². The van der Waals surface area contributed by atoms with Crippen LogP contribution in [-0.4, -0.2) is 18.2 Å². The number of hydrogen-bond donors (Lipinski definition) is 0. The minimum atomic E-state index is 0.153. The summed E-state index contributed by atoms with van der Waals surface area (Å²) in [5.74, 6) is 0. The first kappa shape index (κ1) is 21.0. The Bertz CT molecular complexity index is 192. The maximum Gasteiger partial charge on any atom is 0.468 e. The zero-order chi connectivity index (χ0) is 14.7. The molecule has 0 N–H and O–H groups in total. The van der Waals surface area contributed by atoms with E-state index in [-0.39, 0.29) is 18.2 Å². The predicted molar refractivity (Wildman–Crippen MR) is 98.9 cm³/mol. The molecule has 0 atom stereocenters. The summed E-state index contributed by atoms with van der Waals surface area (Å²) < 4.78 is 1.49. The van der Waals surface area contributed by atoms with E-state index in [1.807, 2.05) is 0 Å². The molecule has 0 saturated carbocycles. The third-order valence-electron chi connectivity index (χ3n) is 3.90. The fraction of sp³-hybridized carbons (Fsp3) is 0.889. The molecule has 0 fully saturated rings. The van der Waals surface area contributed by atoms with E-state index in [4.69, 9.17) is 0 Å². The molecule has 0 aromatic carbocycles. The molecule has 0 aliphatic carbocycles. The van der Waals surface area contributed by atoms with Gasteiger partial charge in [-0.05, 0) is 25.7 Å². The summed E-state index contributed by atoms with van der Waals surface area (Å²) in [7, 11) is 0. The Hall–Kier alpha value is 0.986. The molecule has 0 rings (SSSR count). The smallest absolute Gasteiger partial charge is 0.307 e. The average Bonchev–Trinajstić information content (AvgIpc) is 2.47. The summed E-state index contributed by atoms with van der Waals surface area (Å²) in [4.78, 5) is 0. The Morgan fingerprint density at radius 1 is 0.650 bits per heavy atom. The SMILES string of the molecule is CCCCCCCC/C=C\CCCCCCC[CH2][Mg][Br]. The molecule has 0 saturated heterocycles. The van der Waals surface area contributed by atoms with Gasteiger partial charge in [0, 0.05) is 0 Å². The summed E-state index contributed by atoms with van der Waals surface area (Å²) in [5.41, 5.74) is 0. The molecular formula is C18H35BrMg. The van der Waals surface area contributed by atoms with Crippen molar-refractivity contribution in [3.8, 4) is 0 Å². The van der Waals surface area contributed by atoms with Crippen molar-refractivity contribution in [2.75, 3.05) is 0 Å². The fourth-order valence-corrected chi connectivity index (χ4v) is 4.25. The van der Waals surface area contributed by atoms with Crippen LogP contribution in [0, 0.1) is 0 Å². The van der Waals surface area contributed by atoms with Crippen LogP contribution < -0.4 is 0 Å². The molecule has 0 aliphatic heterocycles. The predicted octanol–water partition coefficient (Wildman–Crippen LogP) is 7.46. The largest absolute Gasteiger partial charge is 0.468 e. The molecule has 20 heavy (non-hydrogen) atoms. The van der Waals surface area contributed by atoms with Gasteiger partial charge < -0.3 is 12.9 Å². The van der Waals surface area contributed by atoms with Crippen LogP contribution in [0.1, 0.15) is 96.8 Å². The van der Waals surface area contributed by atoms with E-state index >= 15 is 0 Å². The zero-order valence-corrected chi connectivity index (χ0v) is 16.8. The van der Waals surface area contributed by atoms with E-state index in [0.717, 1.165) is 0 Å². The van der Waals surface area contributed by atoms with Gasteiger partial charge in [0.25, 0.3) is 0 Å². The van der Waals surface area contributed by atoms with Crippen molar-refractivity contribution in [3.63, 3.8) is 0 Å². The van der Waals surface area contributed by atoms with Gasteiger partial charge in [0.15, 0.2) is 0 Å². The third kappa shape index (κ3) is 19.0. The highest BCUT2D eigenvalue weighted by Crippen LogP contribution is 2.10. The summed E-state index contributed by atoms with van der Waals surface area (Å²) in [6.07, 6.45) is 24.6. The first-order chi connectivity index (χ1) is 9.91. The first-order valence-corrected chi connectivity index (χ1v) is 14.0. The molecular weight excluding hydrogens is 320 g/mol. The highest BCUT2D eigenvalue weighted by atomic mass is 79.9. The molecule has 0 heterocycles. The minimum absolute atomic E-state index is 0.153. The second-order valence-corrected chi connectivity index (χ2v) is 9.44. The Kier molecular flexibility index (Phi) is 21.0. The van der Waals surface area contributed by atoms with Gasteiger partial charge in [0.05, 0.1) is 0 Å². The standard InChI is InChI=1S/C18H35.BrH.Mg/c1-3-5-7-9-11-13-15-17-18-16-14-12-10-8-6-4-2;;/h17-18H,1,3-16H2,2H3;1H;/q;;+1/p-1/b18-17-;;. The van der Waals surface area contributed by atoms with Crippen LogP contribution in [0.4, 0.5) is 0 Å². The van der Waals surface area contributed by atoms with Crippen molar-refractivity contribution in [2.45, 2.75) is 101 Å². The van der Waals surface area contributed by atoms with Gasteiger partial charge in [0.2, 0.25) is 0 Å². The van der Waals surface area contributed by atoms with Crippen molar-refractivity contribution in [2.24, 2.45) is 0 Å². The average molecular weight is 356 g/mol. The number of unbranched alkanes of at least 4 members (excludes halogenated alkanes) is 12.